The van der Waals surface area contributed by atoms with E-state index in [9.17, 15) is 9.90 Å². The number of rotatable bonds is 6. The average Bonchev–Trinajstić information content (AvgIpc) is 2.80. The lowest BCUT2D eigenvalue weighted by molar-refractivity contribution is -0.135. The molecule has 2 aromatic carbocycles. The van der Waals surface area contributed by atoms with Crippen LogP contribution in [0, 0.1) is 12.8 Å². The molecular formula is C26H34N2O4. The molecule has 32 heavy (non-hydrogen) atoms. The average molecular weight is 439 g/mol. The molecule has 2 aliphatic rings. The Morgan fingerprint density at radius 2 is 1.84 bits per heavy atom. The van der Waals surface area contributed by atoms with E-state index in [1.165, 1.54) is 0 Å². The Balaban J connectivity index is 1.61. The second kappa shape index (κ2) is 9.51. The Morgan fingerprint density at radius 1 is 1.09 bits per heavy atom. The molecule has 1 aliphatic heterocycles. The molecule has 1 amide bonds. The fourth-order valence-corrected chi connectivity index (χ4v) is 5.42. The second-order valence-electron chi connectivity index (χ2n) is 9.15. The van der Waals surface area contributed by atoms with Crippen LogP contribution in [0.15, 0.2) is 42.5 Å². The second-order valence-corrected chi connectivity index (χ2v) is 9.15. The summed E-state index contributed by atoms with van der Waals surface area (Å²) < 4.78 is 11.0. The molecule has 2 fully saturated rings. The lowest BCUT2D eigenvalue weighted by Crippen LogP contribution is -2.56. The minimum atomic E-state index is -0.681. The van der Waals surface area contributed by atoms with Gasteiger partial charge in [-0.2, -0.15) is 0 Å². The van der Waals surface area contributed by atoms with E-state index in [0.717, 1.165) is 42.5 Å². The van der Waals surface area contributed by atoms with Gasteiger partial charge in [-0.15, -0.1) is 0 Å². The number of nitrogens with one attached hydrogen (secondary N) is 1. The van der Waals surface area contributed by atoms with Gasteiger partial charge in [0.1, 0.15) is 0 Å². The molecule has 1 saturated heterocycles. The van der Waals surface area contributed by atoms with Gasteiger partial charge in [0.25, 0.3) is 0 Å². The molecule has 3 atom stereocenters. The standard InChI is InChI=1S/C26H34N2O4/c1-18-7-10-20(11-8-18)27-24(29)17-28-15-14-26(30)13-5-4-6-21(26)25(28)19-9-12-22(31-2)23(16-19)32-3/h7-12,16,21,25,30H,4-6,13-15,17H2,1-3H3,(H,27,29)/t21-,25+,26-/m0/s1. The number of fused-ring (bicyclic) bond motifs is 1. The molecule has 0 bridgehead atoms. The number of piperidine rings is 1. The Labute approximate surface area is 190 Å². The van der Waals surface area contributed by atoms with Gasteiger partial charge in [0.2, 0.25) is 5.91 Å². The topological polar surface area (TPSA) is 71.0 Å². The molecule has 2 N–H and O–H groups in total. The molecule has 172 valence electrons. The molecule has 0 aromatic heterocycles. The number of amides is 1. The van der Waals surface area contributed by atoms with Gasteiger partial charge in [0.15, 0.2) is 11.5 Å². The van der Waals surface area contributed by atoms with Crippen molar-refractivity contribution in [3.8, 4) is 11.5 Å². The number of ether oxygens (including phenoxy) is 2. The first kappa shape index (κ1) is 22.6. The van der Waals surface area contributed by atoms with Gasteiger partial charge in [-0.05, 0) is 56.0 Å². The van der Waals surface area contributed by atoms with Gasteiger partial charge in [-0.1, -0.05) is 36.6 Å². The molecule has 6 nitrogen and oxygen atoms in total. The number of methoxy groups -OCH3 is 2. The number of carbonyl (C=O) groups is 1. The zero-order valence-corrected chi connectivity index (χ0v) is 19.3. The van der Waals surface area contributed by atoms with Gasteiger partial charge < -0.3 is 19.9 Å². The van der Waals surface area contributed by atoms with E-state index in [1.54, 1.807) is 14.2 Å². The Morgan fingerprint density at radius 3 is 2.56 bits per heavy atom. The monoisotopic (exact) mass is 438 g/mol. The highest BCUT2D eigenvalue weighted by Crippen LogP contribution is 2.50. The minimum absolute atomic E-state index is 0.0411. The molecule has 1 aliphatic carbocycles. The van der Waals surface area contributed by atoms with E-state index in [4.69, 9.17) is 9.47 Å². The Bertz CT molecular complexity index is 945. The summed E-state index contributed by atoms with van der Waals surface area (Å²) in [5, 5.41) is 14.5. The maximum Gasteiger partial charge on any atom is 0.238 e. The van der Waals surface area contributed by atoms with Crippen LogP contribution < -0.4 is 14.8 Å². The van der Waals surface area contributed by atoms with Crippen molar-refractivity contribution in [1.82, 2.24) is 4.90 Å². The molecule has 4 rings (SSSR count). The number of carbonyl (C=O) groups excluding carboxylic acids is 1. The lowest BCUT2D eigenvalue weighted by atomic mass is 9.66. The van der Waals surface area contributed by atoms with Crippen molar-refractivity contribution in [2.45, 2.75) is 50.7 Å². The highest BCUT2D eigenvalue weighted by molar-refractivity contribution is 5.92. The number of benzene rings is 2. The smallest absolute Gasteiger partial charge is 0.238 e. The molecule has 0 radical (unpaired) electrons. The third-order valence-electron chi connectivity index (χ3n) is 7.10. The Hall–Kier alpha value is -2.57. The summed E-state index contributed by atoms with van der Waals surface area (Å²) in [6, 6.07) is 13.7. The first-order valence-electron chi connectivity index (χ1n) is 11.5. The predicted molar refractivity (Wildman–Crippen MR) is 125 cm³/mol. The highest BCUT2D eigenvalue weighted by Gasteiger charge is 2.49. The number of nitrogens with zero attached hydrogens (tertiary/aromatic N) is 1. The largest absolute Gasteiger partial charge is 0.493 e. The van der Waals surface area contributed by atoms with E-state index in [1.807, 2.05) is 49.4 Å². The normalized spacial score (nSPS) is 25.6. The van der Waals surface area contributed by atoms with Crippen molar-refractivity contribution in [2.75, 3.05) is 32.6 Å². The zero-order chi connectivity index (χ0) is 22.7. The maximum absolute atomic E-state index is 12.9. The highest BCUT2D eigenvalue weighted by atomic mass is 16.5. The van der Waals surface area contributed by atoms with E-state index >= 15 is 0 Å². The fourth-order valence-electron chi connectivity index (χ4n) is 5.42. The van der Waals surface area contributed by atoms with E-state index in [-0.39, 0.29) is 24.4 Å². The van der Waals surface area contributed by atoms with Crippen molar-refractivity contribution in [2.24, 2.45) is 5.92 Å². The van der Waals surface area contributed by atoms with Crippen molar-refractivity contribution >= 4 is 11.6 Å². The van der Waals surface area contributed by atoms with Crippen LogP contribution in [0.2, 0.25) is 0 Å². The van der Waals surface area contributed by atoms with Gasteiger partial charge in [0.05, 0.1) is 26.4 Å². The van der Waals surface area contributed by atoms with Gasteiger partial charge in [-0.25, -0.2) is 0 Å². The molecule has 0 spiro atoms. The van der Waals surface area contributed by atoms with E-state index < -0.39 is 5.60 Å². The third-order valence-corrected chi connectivity index (χ3v) is 7.10. The quantitative estimate of drug-likeness (QED) is 0.703. The number of likely N-dealkylation sites (tertiary alicyclic amines) is 1. The predicted octanol–water partition coefficient (Wildman–Crippen LogP) is 4.32. The number of aliphatic hydroxyl groups is 1. The van der Waals surface area contributed by atoms with E-state index in [2.05, 4.69) is 10.2 Å². The maximum atomic E-state index is 12.9. The zero-order valence-electron chi connectivity index (χ0n) is 19.3. The van der Waals surface area contributed by atoms with Crippen molar-refractivity contribution < 1.29 is 19.4 Å². The van der Waals surface area contributed by atoms with Crippen LogP contribution in [-0.2, 0) is 4.79 Å². The van der Waals surface area contributed by atoms with Crippen LogP contribution in [0.5, 0.6) is 11.5 Å². The molecule has 0 unspecified atom stereocenters. The van der Waals surface area contributed by atoms with E-state index in [0.29, 0.717) is 24.5 Å². The lowest BCUT2D eigenvalue weighted by Gasteiger charge is -2.52. The third kappa shape index (κ3) is 4.62. The first-order chi connectivity index (χ1) is 15.4. The summed E-state index contributed by atoms with van der Waals surface area (Å²) in [6.45, 7) is 2.98. The van der Waals surface area contributed by atoms with Gasteiger partial charge in [-0.3, -0.25) is 9.69 Å². The number of aryl methyl sites for hydroxylation is 1. The summed E-state index contributed by atoms with van der Waals surface area (Å²) in [5.41, 5.74) is 2.33. The van der Waals surface area contributed by atoms with Crippen LogP contribution in [0.3, 0.4) is 0 Å². The van der Waals surface area contributed by atoms with Gasteiger partial charge in [0, 0.05) is 24.2 Å². The fraction of sp³-hybridized carbons (Fsp3) is 0.500. The number of anilines is 1. The summed E-state index contributed by atoms with van der Waals surface area (Å²) >= 11 is 0. The first-order valence-corrected chi connectivity index (χ1v) is 11.5. The van der Waals surface area contributed by atoms with Crippen molar-refractivity contribution in [3.63, 3.8) is 0 Å². The van der Waals surface area contributed by atoms with Crippen molar-refractivity contribution in [1.29, 1.82) is 0 Å². The summed E-state index contributed by atoms with van der Waals surface area (Å²) in [4.78, 5) is 15.2. The van der Waals surface area contributed by atoms with Gasteiger partial charge >= 0.3 is 0 Å². The molecule has 1 heterocycles. The van der Waals surface area contributed by atoms with Crippen LogP contribution in [0.1, 0.15) is 49.3 Å². The number of hydrogen-bond acceptors (Lipinski definition) is 5. The van der Waals surface area contributed by atoms with Crippen LogP contribution in [0.25, 0.3) is 0 Å². The minimum Gasteiger partial charge on any atom is -0.493 e. The molecule has 6 heteroatoms. The SMILES string of the molecule is COc1ccc([C@@H]2[C@@H]3CCCC[C@]3(O)CCN2CC(=O)Nc2ccc(C)cc2)cc1OC. The summed E-state index contributed by atoms with van der Waals surface area (Å²) in [6.07, 6.45) is 4.62. The summed E-state index contributed by atoms with van der Waals surface area (Å²) in [5.74, 6) is 1.38. The summed E-state index contributed by atoms with van der Waals surface area (Å²) in [7, 11) is 3.26. The van der Waals surface area contributed by atoms with Crippen molar-refractivity contribution in [3.05, 3.63) is 53.6 Å². The van der Waals surface area contributed by atoms with Crippen LogP contribution in [-0.4, -0.2) is 48.8 Å². The molecule has 2 aromatic rings. The van der Waals surface area contributed by atoms with Crippen LogP contribution in [0.4, 0.5) is 5.69 Å². The molecular weight excluding hydrogens is 404 g/mol. The van der Waals surface area contributed by atoms with Crippen LogP contribution >= 0.6 is 0 Å². The molecule has 1 saturated carbocycles. The number of hydrogen-bond donors (Lipinski definition) is 2. The Kier molecular flexibility index (Phi) is 6.72.